The van der Waals surface area contributed by atoms with Crippen LogP contribution in [0, 0.1) is 5.92 Å². The summed E-state index contributed by atoms with van der Waals surface area (Å²) in [6.45, 7) is 6.04. The Balaban J connectivity index is 1.50. The van der Waals surface area contributed by atoms with Crippen molar-refractivity contribution in [1.29, 1.82) is 0 Å². The largest absolute Gasteiger partial charge is 0.493 e. The van der Waals surface area contributed by atoms with Crippen LogP contribution in [0.1, 0.15) is 32.3 Å². The molecule has 3 aromatic rings. The summed E-state index contributed by atoms with van der Waals surface area (Å²) in [5, 5.41) is 2.97. The highest BCUT2D eigenvalue weighted by molar-refractivity contribution is 5.77. The Morgan fingerprint density at radius 1 is 1.17 bits per heavy atom. The van der Waals surface area contributed by atoms with Gasteiger partial charge in [-0.3, -0.25) is 4.79 Å². The minimum atomic E-state index is -0.000919. The number of ether oxygens (including phenoxy) is 2. The molecule has 0 bridgehead atoms. The number of fused-ring (bicyclic) bond motifs is 1. The summed E-state index contributed by atoms with van der Waals surface area (Å²) in [7, 11) is 1.63. The minimum absolute atomic E-state index is 0.000919. The van der Waals surface area contributed by atoms with Crippen molar-refractivity contribution in [3.05, 3.63) is 54.4 Å². The number of carbonyl (C=O) groups is 1. The maximum absolute atomic E-state index is 12.3. The molecule has 1 N–H and O–H groups in total. The van der Waals surface area contributed by atoms with E-state index in [4.69, 9.17) is 9.47 Å². The third kappa shape index (κ3) is 5.73. The lowest BCUT2D eigenvalue weighted by atomic mass is 10.1. The predicted molar refractivity (Wildman–Crippen MR) is 114 cm³/mol. The summed E-state index contributed by atoms with van der Waals surface area (Å²) in [5.74, 6) is 2.01. The first-order valence-electron chi connectivity index (χ1n) is 10.0. The average molecular weight is 396 g/mol. The van der Waals surface area contributed by atoms with Crippen molar-refractivity contribution < 1.29 is 14.3 Å². The number of hydrogen-bond acceptors (Lipinski definition) is 4. The van der Waals surface area contributed by atoms with Gasteiger partial charge in [-0.2, -0.15) is 0 Å². The van der Waals surface area contributed by atoms with Crippen molar-refractivity contribution in [3.63, 3.8) is 0 Å². The Kier molecular flexibility index (Phi) is 7.11. The molecule has 0 aliphatic rings. The maximum atomic E-state index is 12.3. The van der Waals surface area contributed by atoms with E-state index in [9.17, 15) is 4.79 Å². The zero-order valence-corrected chi connectivity index (χ0v) is 17.4. The Morgan fingerprint density at radius 3 is 2.79 bits per heavy atom. The molecule has 6 heteroatoms. The lowest BCUT2D eigenvalue weighted by Gasteiger charge is -2.13. The summed E-state index contributed by atoms with van der Waals surface area (Å²) in [6.07, 6.45) is 3.17. The summed E-state index contributed by atoms with van der Waals surface area (Å²) < 4.78 is 13.3. The highest BCUT2D eigenvalue weighted by atomic mass is 16.5. The number of para-hydroxylation sites is 2. The first-order valence-corrected chi connectivity index (χ1v) is 10.0. The SMILES string of the molecule is COc1cc(CNC(=O)CCn2cnc3ccccc32)ccc1OCCC(C)C. The highest BCUT2D eigenvalue weighted by Crippen LogP contribution is 2.28. The van der Waals surface area contributed by atoms with Crippen molar-refractivity contribution in [2.75, 3.05) is 13.7 Å². The number of aryl methyl sites for hydroxylation is 1. The van der Waals surface area contributed by atoms with Gasteiger partial charge in [0.15, 0.2) is 11.5 Å². The molecule has 1 amide bonds. The molecule has 0 spiro atoms. The van der Waals surface area contributed by atoms with Crippen LogP contribution in [0.2, 0.25) is 0 Å². The second-order valence-corrected chi connectivity index (χ2v) is 7.47. The number of nitrogens with zero attached hydrogens (tertiary/aromatic N) is 2. The number of carbonyl (C=O) groups excluding carboxylic acids is 1. The molecule has 29 heavy (non-hydrogen) atoms. The molecule has 6 nitrogen and oxygen atoms in total. The van der Waals surface area contributed by atoms with Crippen molar-refractivity contribution in [2.24, 2.45) is 5.92 Å². The Morgan fingerprint density at radius 2 is 2.00 bits per heavy atom. The molecule has 0 saturated carbocycles. The first kappa shape index (κ1) is 20.7. The quantitative estimate of drug-likeness (QED) is 0.559. The van der Waals surface area contributed by atoms with Gasteiger partial charge in [0, 0.05) is 19.5 Å². The molecule has 0 saturated heterocycles. The molecule has 2 aromatic carbocycles. The summed E-state index contributed by atoms with van der Waals surface area (Å²) in [6, 6.07) is 13.7. The summed E-state index contributed by atoms with van der Waals surface area (Å²) in [4.78, 5) is 16.6. The topological polar surface area (TPSA) is 65.4 Å². The zero-order valence-electron chi connectivity index (χ0n) is 17.4. The van der Waals surface area contributed by atoms with E-state index in [1.807, 2.05) is 47.0 Å². The van der Waals surface area contributed by atoms with E-state index in [1.165, 1.54) is 0 Å². The third-order valence-electron chi connectivity index (χ3n) is 4.78. The zero-order chi connectivity index (χ0) is 20.6. The minimum Gasteiger partial charge on any atom is -0.493 e. The Bertz CT molecular complexity index is 949. The van der Waals surface area contributed by atoms with Gasteiger partial charge in [-0.05, 0) is 42.2 Å². The molecular weight excluding hydrogens is 366 g/mol. The van der Waals surface area contributed by atoms with Crippen LogP contribution < -0.4 is 14.8 Å². The van der Waals surface area contributed by atoms with E-state index in [-0.39, 0.29) is 5.91 Å². The molecule has 0 fully saturated rings. The van der Waals surface area contributed by atoms with Gasteiger partial charge in [0.25, 0.3) is 0 Å². The van der Waals surface area contributed by atoms with Crippen LogP contribution in [0.5, 0.6) is 11.5 Å². The fourth-order valence-electron chi connectivity index (χ4n) is 3.05. The highest BCUT2D eigenvalue weighted by Gasteiger charge is 2.09. The summed E-state index contributed by atoms with van der Waals surface area (Å²) >= 11 is 0. The summed E-state index contributed by atoms with van der Waals surface area (Å²) in [5.41, 5.74) is 2.95. The van der Waals surface area contributed by atoms with E-state index in [0.29, 0.717) is 37.8 Å². The number of hydrogen-bond donors (Lipinski definition) is 1. The van der Waals surface area contributed by atoms with Crippen LogP contribution in [-0.4, -0.2) is 29.2 Å². The van der Waals surface area contributed by atoms with Gasteiger partial charge in [0.1, 0.15) is 0 Å². The molecule has 154 valence electrons. The molecule has 0 aliphatic carbocycles. The van der Waals surface area contributed by atoms with Gasteiger partial charge in [0.2, 0.25) is 5.91 Å². The molecular formula is C23H29N3O3. The van der Waals surface area contributed by atoms with Crippen molar-refractivity contribution in [2.45, 2.75) is 39.8 Å². The Labute approximate surface area is 171 Å². The normalized spacial score (nSPS) is 11.0. The fourth-order valence-corrected chi connectivity index (χ4v) is 3.05. The number of rotatable bonds is 10. The standard InChI is InChI=1S/C23H29N3O3/c1-17(2)11-13-29-21-9-8-18(14-22(21)28-3)15-24-23(27)10-12-26-16-25-19-6-4-5-7-20(19)26/h4-9,14,16-17H,10-13,15H2,1-3H3,(H,24,27). The number of nitrogens with one attached hydrogen (secondary N) is 1. The van der Waals surface area contributed by atoms with Crippen molar-refractivity contribution in [1.82, 2.24) is 14.9 Å². The fraction of sp³-hybridized carbons (Fsp3) is 0.391. The van der Waals surface area contributed by atoms with Crippen LogP contribution in [-0.2, 0) is 17.9 Å². The van der Waals surface area contributed by atoms with Crippen LogP contribution >= 0.6 is 0 Å². The molecule has 3 rings (SSSR count). The van der Waals surface area contributed by atoms with E-state index in [0.717, 1.165) is 28.8 Å². The van der Waals surface area contributed by atoms with E-state index in [2.05, 4.69) is 24.1 Å². The average Bonchev–Trinajstić information content (AvgIpc) is 3.14. The van der Waals surface area contributed by atoms with Gasteiger partial charge in [-0.1, -0.05) is 32.0 Å². The third-order valence-corrected chi connectivity index (χ3v) is 4.78. The number of aromatic nitrogens is 2. The molecule has 1 heterocycles. The Hall–Kier alpha value is -3.02. The maximum Gasteiger partial charge on any atom is 0.222 e. The number of amides is 1. The van der Waals surface area contributed by atoms with E-state index in [1.54, 1.807) is 13.4 Å². The van der Waals surface area contributed by atoms with E-state index < -0.39 is 0 Å². The van der Waals surface area contributed by atoms with Gasteiger partial charge < -0.3 is 19.4 Å². The van der Waals surface area contributed by atoms with Gasteiger partial charge in [0.05, 0.1) is 31.1 Å². The molecule has 0 atom stereocenters. The first-order chi connectivity index (χ1) is 14.1. The number of imidazole rings is 1. The van der Waals surface area contributed by atoms with Gasteiger partial charge >= 0.3 is 0 Å². The number of benzene rings is 2. The second-order valence-electron chi connectivity index (χ2n) is 7.47. The van der Waals surface area contributed by atoms with Gasteiger partial charge in [-0.25, -0.2) is 4.98 Å². The second kappa shape index (κ2) is 9.96. The van der Waals surface area contributed by atoms with E-state index >= 15 is 0 Å². The lowest BCUT2D eigenvalue weighted by Crippen LogP contribution is -2.23. The molecule has 0 radical (unpaired) electrons. The monoisotopic (exact) mass is 395 g/mol. The van der Waals surface area contributed by atoms with Crippen LogP contribution in [0.3, 0.4) is 0 Å². The number of methoxy groups -OCH3 is 1. The van der Waals surface area contributed by atoms with Crippen molar-refractivity contribution >= 4 is 16.9 Å². The molecule has 0 unspecified atom stereocenters. The van der Waals surface area contributed by atoms with Crippen LogP contribution in [0.15, 0.2) is 48.8 Å². The molecule has 1 aromatic heterocycles. The molecule has 0 aliphatic heterocycles. The lowest BCUT2D eigenvalue weighted by molar-refractivity contribution is -0.121. The predicted octanol–water partition coefficient (Wildman–Crippen LogP) is 4.18. The van der Waals surface area contributed by atoms with Crippen LogP contribution in [0.25, 0.3) is 11.0 Å². The van der Waals surface area contributed by atoms with Crippen molar-refractivity contribution in [3.8, 4) is 11.5 Å². The smallest absolute Gasteiger partial charge is 0.222 e. The van der Waals surface area contributed by atoms with Crippen LogP contribution in [0.4, 0.5) is 0 Å². The van der Waals surface area contributed by atoms with Gasteiger partial charge in [-0.15, -0.1) is 0 Å².